The average Bonchev–Trinajstić information content (AvgIpc) is 3.08. The van der Waals surface area contributed by atoms with Gasteiger partial charge in [0.05, 0.1) is 24.2 Å². The number of benzene rings is 3. The van der Waals surface area contributed by atoms with Crippen molar-refractivity contribution in [2.45, 2.75) is 65.8 Å². The number of carbonyl (C=O) groups is 1. The molecule has 1 fully saturated rings. The molecule has 0 bridgehead atoms. The summed E-state index contributed by atoms with van der Waals surface area (Å²) >= 11 is 0. The molecule has 1 atom stereocenters. The van der Waals surface area contributed by atoms with Gasteiger partial charge < -0.3 is 9.47 Å². The van der Waals surface area contributed by atoms with E-state index in [1.165, 1.54) is 0 Å². The fourth-order valence-electron chi connectivity index (χ4n) is 5.10. The SMILES string of the molecule is CC.Cc1c(COc2nc(CN3CCCCC3C(=O)NO)nc(OCc3cccc(C#N)c3)n2)cccc1-c1ccccc1. The summed E-state index contributed by atoms with van der Waals surface area (Å²) in [5, 5.41) is 18.5. The number of hydrogen-bond acceptors (Lipinski definition) is 9. The quantitative estimate of drug-likeness (QED) is 0.174. The number of carbonyl (C=O) groups excluding carboxylic acids is 1. The van der Waals surface area contributed by atoms with Crippen LogP contribution >= 0.6 is 0 Å². The van der Waals surface area contributed by atoms with Crippen molar-refractivity contribution >= 4 is 5.91 Å². The van der Waals surface area contributed by atoms with Crippen LogP contribution in [-0.2, 0) is 24.6 Å². The summed E-state index contributed by atoms with van der Waals surface area (Å²) in [6.07, 6.45) is 2.42. The van der Waals surface area contributed by atoms with Gasteiger partial charge in [0, 0.05) is 0 Å². The van der Waals surface area contributed by atoms with Gasteiger partial charge in [0.15, 0.2) is 5.82 Å². The number of aromatic nitrogens is 3. The van der Waals surface area contributed by atoms with E-state index in [9.17, 15) is 15.3 Å². The summed E-state index contributed by atoms with van der Waals surface area (Å²) in [4.78, 5) is 27.7. The van der Waals surface area contributed by atoms with Crippen LogP contribution in [-0.4, -0.2) is 43.6 Å². The maximum atomic E-state index is 12.3. The molecule has 0 saturated carbocycles. The summed E-state index contributed by atoms with van der Waals surface area (Å²) in [5.41, 5.74) is 7.43. The Labute approximate surface area is 258 Å². The minimum atomic E-state index is -0.494. The standard InChI is InChI=1S/C32H32N6O4.C2H6/c1-22-26(13-8-14-27(22)25-11-3-2-4-12-25)21-42-32-35-29(19-38-16-6-5-15-28(38)30(39)37-40)34-31(36-32)41-20-24-10-7-9-23(17-24)18-33;1-2/h2-4,7-14,17,28,40H,5-6,15-16,19-21H2,1H3,(H,37,39);1-2H3. The van der Waals surface area contributed by atoms with Crippen LogP contribution in [0.5, 0.6) is 12.0 Å². The minimum Gasteiger partial charge on any atom is -0.458 e. The number of piperidine rings is 1. The topological polar surface area (TPSA) is 133 Å². The van der Waals surface area contributed by atoms with Gasteiger partial charge in [-0.05, 0) is 66.3 Å². The van der Waals surface area contributed by atoms with Gasteiger partial charge >= 0.3 is 12.0 Å². The fraction of sp³-hybridized carbons (Fsp3) is 0.324. The van der Waals surface area contributed by atoms with Crippen LogP contribution in [0.25, 0.3) is 11.1 Å². The van der Waals surface area contributed by atoms with Crippen molar-refractivity contribution in [2.24, 2.45) is 0 Å². The second-order valence-electron chi connectivity index (χ2n) is 10.1. The predicted octanol–water partition coefficient (Wildman–Crippen LogP) is 5.76. The van der Waals surface area contributed by atoms with Crippen molar-refractivity contribution in [1.82, 2.24) is 25.3 Å². The Hall–Kier alpha value is -4.85. The molecule has 1 aliphatic heterocycles. The van der Waals surface area contributed by atoms with Crippen LogP contribution in [0.3, 0.4) is 0 Å². The van der Waals surface area contributed by atoms with Crippen LogP contribution in [0.4, 0.5) is 0 Å². The molecule has 2 heterocycles. The van der Waals surface area contributed by atoms with Gasteiger partial charge in [-0.25, -0.2) is 5.48 Å². The Morgan fingerprint density at radius 2 is 1.70 bits per heavy atom. The maximum Gasteiger partial charge on any atom is 0.323 e. The molecule has 0 radical (unpaired) electrons. The lowest BCUT2D eigenvalue weighted by molar-refractivity contribution is -0.136. The third-order valence-corrected chi connectivity index (χ3v) is 7.32. The van der Waals surface area contributed by atoms with Crippen LogP contribution < -0.4 is 15.0 Å². The second kappa shape index (κ2) is 16.1. The largest absolute Gasteiger partial charge is 0.458 e. The zero-order valence-corrected chi connectivity index (χ0v) is 25.4. The zero-order chi connectivity index (χ0) is 31.3. The lowest BCUT2D eigenvalue weighted by Crippen LogP contribution is -2.48. The van der Waals surface area contributed by atoms with E-state index < -0.39 is 11.9 Å². The lowest BCUT2D eigenvalue weighted by atomic mass is 9.97. The van der Waals surface area contributed by atoms with Crippen LogP contribution in [0, 0.1) is 18.3 Å². The van der Waals surface area contributed by atoms with Gasteiger partial charge in [0.25, 0.3) is 5.91 Å². The molecule has 1 aromatic heterocycles. The Kier molecular flexibility index (Phi) is 11.8. The van der Waals surface area contributed by atoms with E-state index >= 15 is 0 Å². The predicted molar refractivity (Wildman–Crippen MR) is 166 cm³/mol. The van der Waals surface area contributed by atoms with Gasteiger partial charge in [-0.3, -0.25) is 14.9 Å². The molecule has 10 heteroatoms. The number of nitrogens with zero attached hydrogens (tertiary/aromatic N) is 5. The Balaban J connectivity index is 0.00000216. The minimum absolute atomic E-state index is 0.0762. The normalized spacial score (nSPS) is 14.5. The molecule has 1 unspecified atom stereocenters. The summed E-state index contributed by atoms with van der Waals surface area (Å²) in [7, 11) is 0. The number of hydrogen-bond donors (Lipinski definition) is 2. The molecule has 1 aliphatic rings. The van der Waals surface area contributed by atoms with Gasteiger partial charge in [0.2, 0.25) is 0 Å². The molecule has 0 aliphatic carbocycles. The number of hydroxylamine groups is 1. The van der Waals surface area contributed by atoms with Gasteiger partial charge in [-0.15, -0.1) is 4.98 Å². The summed E-state index contributed by atoms with van der Waals surface area (Å²) in [6, 6.07) is 25.2. The van der Waals surface area contributed by atoms with E-state index in [0.717, 1.165) is 40.7 Å². The van der Waals surface area contributed by atoms with Crippen molar-refractivity contribution in [3.8, 4) is 29.2 Å². The first-order valence-corrected chi connectivity index (χ1v) is 14.9. The molecule has 5 rings (SSSR count). The lowest BCUT2D eigenvalue weighted by Gasteiger charge is -2.33. The van der Waals surface area contributed by atoms with Gasteiger partial charge in [-0.2, -0.15) is 15.2 Å². The number of likely N-dealkylation sites (tertiary alicyclic amines) is 1. The molecule has 228 valence electrons. The third-order valence-electron chi connectivity index (χ3n) is 7.32. The number of nitriles is 1. The van der Waals surface area contributed by atoms with Crippen LogP contribution in [0.15, 0.2) is 72.8 Å². The van der Waals surface area contributed by atoms with Crippen molar-refractivity contribution in [2.75, 3.05) is 6.54 Å². The summed E-state index contributed by atoms with van der Waals surface area (Å²) in [5.74, 6) is -0.0731. The van der Waals surface area contributed by atoms with E-state index in [-0.39, 0.29) is 31.8 Å². The fourth-order valence-corrected chi connectivity index (χ4v) is 5.10. The highest BCUT2D eigenvalue weighted by Gasteiger charge is 2.29. The molecular weight excluding hydrogens is 556 g/mol. The Bertz CT molecular complexity index is 1570. The van der Waals surface area contributed by atoms with E-state index in [1.54, 1.807) is 23.7 Å². The van der Waals surface area contributed by atoms with Gasteiger partial charge in [-0.1, -0.05) is 80.9 Å². The first-order chi connectivity index (χ1) is 21.5. The number of amides is 1. The van der Waals surface area contributed by atoms with E-state index in [4.69, 9.17) is 9.47 Å². The molecule has 0 spiro atoms. The highest BCUT2D eigenvalue weighted by atomic mass is 16.5. The molecule has 3 aromatic carbocycles. The molecular formula is C34H38N6O4. The van der Waals surface area contributed by atoms with E-state index in [2.05, 4.69) is 46.1 Å². The highest BCUT2D eigenvalue weighted by molar-refractivity contribution is 5.80. The second-order valence-corrected chi connectivity index (χ2v) is 10.1. The average molecular weight is 595 g/mol. The first kappa shape index (κ1) is 32.1. The molecule has 44 heavy (non-hydrogen) atoms. The highest BCUT2D eigenvalue weighted by Crippen LogP contribution is 2.27. The van der Waals surface area contributed by atoms with Crippen molar-refractivity contribution in [3.63, 3.8) is 0 Å². The molecule has 10 nitrogen and oxygen atoms in total. The smallest absolute Gasteiger partial charge is 0.323 e. The summed E-state index contributed by atoms with van der Waals surface area (Å²) in [6.45, 7) is 7.35. The zero-order valence-electron chi connectivity index (χ0n) is 25.4. The van der Waals surface area contributed by atoms with E-state index in [0.29, 0.717) is 24.4 Å². The monoisotopic (exact) mass is 594 g/mol. The number of nitrogens with one attached hydrogen (secondary N) is 1. The van der Waals surface area contributed by atoms with Crippen LogP contribution in [0.1, 0.15) is 61.2 Å². The number of ether oxygens (including phenoxy) is 2. The van der Waals surface area contributed by atoms with E-state index in [1.807, 2.05) is 55.1 Å². The van der Waals surface area contributed by atoms with Crippen molar-refractivity contribution in [3.05, 3.63) is 101 Å². The van der Waals surface area contributed by atoms with Crippen molar-refractivity contribution < 1.29 is 19.5 Å². The molecule has 4 aromatic rings. The van der Waals surface area contributed by atoms with Crippen LogP contribution in [0.2, 0.25) is 0 Å². The van der Waals surface area contributed by atoms with Gasteiger partial charge in [0.1, 0.15) is 13.2 Å². The summed E-state index contributed by atoms with van der Waals surface area (Å²) < 4.78 is 12.0. The third kappa shape index (κ3) is 8.37. The first-order valence-electron chi connectivity index (χ1n) is 14.9. The maximum absolute atomic E-state index is 12.3. The van der Waals surface area contributed by atoms with Crippen molar-refractivity contribution in [1.29, 1.82) is 5.26 Å². The number of rotatable bonds is 10. The Morgan fingerprint density at radius 3 is 2.43 bits per heavy atom. The molecule has 2 N–H and O–H groups in total. The molecule has 1 saturated heterocycles. The molecule has 1 amide bonds. The Morgan fingerprint density at radius 1 is 0.977 bits per heavy atom.